The molecule has 0 bridgehead atoms. The van der Waals surface area contributed by atoms with E-state index in [1.807, 2.05) is 24.3 Å². The summed E-state index contributed by atoms with van der Waals surface area (Å²) in [7, 11) is 1.73. The number of carbonyl (C=O) groups is 2. The van der Waals surface area contributed by atoms with Crippen LogP contribution in [0.5, 0.6) is 0 Å². The summed E-state index contributed by atoms with van der Waals surface area (Å²) in [6.07, 6.45) is 0. The van der Waals surface area contributed by atoms with E-state index in [0.29, 0.717) is 17.0 Å². The van der Waals surface area contributed by atoms with Gasteiger partial charge in [0.1, 0.15) is 6.61 Å². The third kappa shape index (κ3) is 3.39. The first-order chi connectivity index (χ1) is 9.90. The lowest BCUT2D eigenvalue weighted by atomic mass is 10.1. The Balaban J connectivity index is 2.08. The van der Waals surface area contributed by atoms with Crippen molar-refractivity contribution in [2.45, 2.75) is 20.5 Å². The Labute approximate surface area is 131 Å². The van der Waals surface area contributed by atoms with E-state index in [9.17, 15) is 9.59 Å². The van der Waals surface area contributed by atoms with Gasteiger partial charge in [-0.3, -0.25) is 9.48 Å². The fraction of sp³-hybridized carbons (Fsp3) is 0.267. The van der Waals surface area contributed by atoms with Crippen LogP contribution in [-0.4, -0.2) is 21.5 Å². The van der Waals surface area contributed by atoms with E-state index in [-0.39, 0.29) is 6.61 Å². The van der Waals surface area contributed by atoms with Crippen LogP contribution in [0.3, 0.4) is 0 Å². The highest BCUT2D eigenvalue weighted by Crippen LogP contribution is 2.15. The number of Topliss-reactive ketones (excluding diaryl/α,β-unsaturated/α-hetero) is 1. The quantitative estimate of drug-likeness (QED) is 0.483. The fourth-order valence-electron chi connectivity index (χ4n) is 2.05. The van der Waals surface area contributed by atoms with Crippen LogP contribution in [0.1, 0.15) is 27.3 Å². The Kier molecular flexibility index (Phi) is 4.57. The summed E-state index contributed by atoms with van der Waals surface area (Å²) < 4.78 is 7.54. The summed E-state index contributed by atoms with van der Waals surface area (Å²) in [5.41, 5.74) is 2.30. The molecule has 0 radical (unpaired) electrons. The lowest BCUT2D eigenvalue weighted by Crippen LogP contribution is -2.19. The molecule has 0 spiro atoms. The molecule has 0 aliphatic rings. The van der Waals surface area contributed by atoms with E-state index in [0.717, 1.165) is 10.0 Å². The third-order valence-corrected chi connectivity index (χ3v) is 3.67. The predicted octanol–water partition coefficient (Wildman–Crippen LogP) is 2.73. The molecule has 0 amide bonds. The first kappa shape index (κ1) is 15.4. The summed E-state index contributed by atoms with van der Waals surface area (Å²) in [4.78, 5) is 24.0. The number of halogens is 1. The van der Waals surface area contributed by atoms with Crippen molar-refractivity contribution in [1.82, 2.24) is 9.78 Å². The molecular weight excluding hydrogens is 336 g/mol. The van der Waals surface area contributed by atoms with Gasteiger partial charge in [-0.2, -0.15) is 5.10 Å². The molecule has 0 atom stereocenters. The van der Waals surface area contributed by atoms with Crippen molar-refractivity contribution in [3.05, 3.63) is 51.3 Å². The van der Waals surface area contributed by atoms with E-state index in [4.69, 9.17) is 4.74 Å². The van der Waals surface area contributed by atoms with Crippen LogP contribution < -0.4 is 0 Å². The second kappa shape index (κ2) is 6.22. The Bertz CT molecular complexity index is 707. The number of rotatable bonds is 4. The molecule has 21 heavy (non-hydrogen) atoms. The number of aryl methyl sites for hydroxylation is 2. The molecule has 6 heteroatoms. The highest BCUT2D eigenvalue weighted by molar-refractivity contribution is 9.10. The Morgan fingerprint density at radius 1 is 1.33 bits per heavy atom. The minimum absolute atomic E-state index is 0.0579. The first-order valence-electron chi connectivity index (χ1n) is 6.36. The molecule has 0 aliphatic carbocycles. The molecule has 2 aromatic rings. The van der Waals surface area contributed by atoms with Crippen molar-refractivity contribution < 1.29 is 14.3 Å². The van der Waals surface area contributed by atoms with E-state index in [2.05, 4.69) is 21.0 Å². The molecule has 0 N–H and O–H groups in total. The summed E-state index contributed by atoms with van der Waals surface area (Å²) in [6.45, 7) is 3.50. The highest BCUT2D eigenvalue weighted by Gasteiger charge is 2.25. The maximum atomic E-state index is 12.2. The molecule has 2 rings (SSSR count). The molecule has 1 aromatic carbocycles. The SMILES string of the molecule is Cc1nn(C)c(C)c1C(=O)C(=O)OCc1cccc(Br)c1. The van der Waals surface area contributed by atoms with Crippen LogP contribution in [-0.2, 0) is 23.2 Å². The van der Waals surface area contributed by atoms with Gasteiger partial charge in [0.15, 0.2) is 0 Å². The highest BCUT2D eigenvalue weighted by atomic mass is 79.9. The Morgan fingerprint density at radius 2 is 2.05 bits per heavy atom. The van der Waals surface area contributed by atoms with Gasteiger partial charge in [0.25, 0.3) is 5.78 Å². The second-order valence-electron chi connectivity index (χ2n) is 4.70. The van der Waals surface area contributed by atoms with Gasteiger partial charge in [0.05, 0.1) is 11.3 Å². The maximum Gasteiger partial charge on any atom is 0.380 e. The molecule has 0 fully saturated rings. The van der Waals surface area contributed by atoms with Gasteiger partial charge in [-0.15, -0.1) is 0 Å². The Morgan fingerprint density at radius 3 is 2.62 bits per heavy atom. The van der Waals surface area contributed by atoms with Crippen molar-refractivity contribution in [2.75, 3.05) is 0 Å². The zero-order valence-corrected chi connectivity index (χ0v) is 13.6. The van der Waals surface area contributed by atoms with Crippen molar-refractivity contribution in [2.24, 2.45) is 7.05 Å². The van der Waals surface area contributed by atoms with E-state index < -0.39 is 11.8 Å². The molecule has 1 heterocycles. The van der Waals surface area contributed by atoms with E-state index >= 15 is 0 Å². The van der Waals surface area contributed by atoms with E-state index in [1.165, 1.54) is 0 Å². The Hall–Kier alpha value is -1.95. The summed E-state index contributed by atoms with van der Waals surface area (Å²) in [5, 5.41) is 4.13. The van der Waals surface area contributed by atoms with Gasteiger partial charge in [-0.25, -0.2) is 4.79 Å². The van der Waals surface area contributed by atoms with Crippen molar-refractivity contribution in [3.8, 4) is 0 Å². The lowest BCUT2D eigenvalue weighted by molar-refractivity contribution is -0.139. The fourth-order valence-corrected chi connectivity index (χ4v) is 2.49. The average molecular weight is 351 g/mol. The van der Waals surface area contributed by atoms with Gasteiger partial charge in [-0.1, -0.05) is 28.1 Å². The van der Waals surface area contributed by atoms with Crippen LogP contribution in [0.15, 0.2) is 28.7 Å². The zero-order valence-electron chi connectivity index (χ0n) is 12.0. The van der Waals surface area contributed by atoms with Gasteiger partial charge in [-0.05, 0) is 31.5 Å². The smallest absolute Gasteiger partial charge is 0.380 e. The molecule has 110 valence electrons. The number of carbonyl (C=O) groups excluding carboxylic acids is 2. The van der Waals surface area contributed by atoms with Crippen LogP contribution in [0.2, 0.25) is 0 Å². The number of ketones is 1. The number of ether oxygens (including phenoxy) is 1. The number of hydrogen-bond donors (Lipinski definition) is 0. The van der Waals surface area contributed by atoms with Gasteiger partial charge in [0.2, 0.25) is 0 Å². The number of esters is 1. The van der Waals surface area contributed by atoms with Crippen LogP contribution in [0.4, 0.5) is 0 Å². The zero-order chi connectivity index (χ0) is 15.6. The van der Waals surface area contributed by atoms with Gasteiger partial charge < -0.3 is 4.74 Å². The second-order valence-corrected chi connectivity index (χ2v) is 5.62. The average Bonchev–Trinajstić information content (AvgIpc) is 2.69. The molecule has 5 nitrogen and oxygen atoms in total. The maximum absolute atomic E-state index is 12.2. The third-order valence-electron chi connectivity index (χ3n) is 3.18. The van der Waals surface area contributed by atoms with Crippen molar-refractivity contribution in [1.29, 1.82) is 0 Å². The molecular formula is C15H15BrN2O3. The molecule has 1 aromatic heterocycles. The number of nitrogens with zero attached hydrogens (tertiary/aromatic N) is 2. The van der Waals surface area contributed by atoms with E-state index in [1.54, 1.807) is 25.6 Å². The molecule has 0 unspecified atom stereocenters. The monoisotopic (exact) mass is 350 g/mol. The normalized spacial score (nSPS) is 10.5. The van der Waals surface area contributed by atoms with Gasteiger partial charge >= 0.3 is 5.97 Å². The van der Waals surface area contributed by atoms with Crippen LogP contribution >= 0.6 is 15.9 Å². The largest absolute Gasteiger partial charge is 0.455 e. The standard InChI is InChI=1S/C15H15BrN2O3/c1-9-13(10(2)18(3)17-9)14(19)15(20)21-8-11-5-4-6-12(16)7-11/h4-7H,8H2,1-3H3. The summed E-state index contributed by atoms with van der Waals surface area (Å²) in [6, 6.07) is 7.37. The number of aromatic nitrogens is 2. The molecule has 0 aliphatic heterocycles. The summed E-state index contributed by atoms with van der Waals surface area (Å²) in [5.74, 6) is -1.53. The number of benzene rings is 1. The first-order valence-corrected chi connectivity index (χ1v) is 7.15. The summed E-state index contributed by atoms with van der Waals surface area (Å²) >= 11 is 3.34. The minimum Gasteiger partial charge on any atom is -0.455 e. The van der Waals surface area contributed by atoms with Crippen molar-refractivity contribution in [3.63, 3.8) is 0 Å². The molecule has 0 saturated heterocycles. The lowest BCUT2D eigenvalue weighted by Gasteiger charge is -2.05. The van der Waals surface area contributed by atoms with Crippen molar-refractivity contribution >= 4 is 27.7 Å². The van der Waals surface area contributed by atoms with Crippen LogP contribution in [0.25, 0.3) is 0 Å². The minimum atomic E-state index is -0.867. The van der Waals surface area contributed by atoms with Crippen LogP contribution in [0, 0.1) is 13.8 Å². The molecule has 0 saturated carbocycles. The number of hydrogen-bond acceptors (Lipinski definition) is 4. The van der Waals surface area contributed by atoms with Gasteiger partial charge in [0, 0.05) is 17.2 Å². The topological polar surface area (TPSA) is 61.2 Å². The predicted molar refractivity (Wildman–Crippen MR) is 81.0 cm³/mol.